The van der Waals surface area contributed by atoms with Gasteiger partial charge in [0.1, 0.15) is 17.3 Å². The molecule has 0 spiro atoms. The van der Waals surface area contributed by atoms with E-state index in [1.165, 1.54) is 4.90 Å². The first-order valence-corrected chi connectivity index (χ1v) is 13.2. The predicted octanol–water partition coefficient (Wildman–Crippen LogP) is 3.16. The zero-order valence-electron chi connectivity index (χ0n) is 22.3. The summed E-state index contributed by atoms with van der Waals surface area (Å²) >= 11 is 0. The van der Waals surface area contributed by atoms with Gasteiger partial charge in [0.2, 0.25) is 0 Å². The van der Waals surface area contributed by atoms with Gasteiger partial charge in [-0.25, -0.2) is 9.59 Å². The number of carbonyl (C=O) groups excluding carboxylic acids is 1. The zero-order chi connectivity index (χ0) is 27.9. The number of allylic oxidation sites excluding steroid dienone is 4. The van der Waals surface area contributed by atoms with E-state index in [9.17, 15) is 14.7 Å². The molecule has 0 atom stereocenters. The Labute approximate surface area is 231 Å². The summed E-state index contributed by atoms with van der Waals surface area (Å²) in [4.78, 5) is 36.5. The van der Waals surface area contributed by atoms with E-state index in [2.05, 4.69) is 21.3 Å². The first kappa shape index (κ1) is 26.9. The second-order valence-electron chi connectivity index (χ2n) is 9.51. The normalized spacial score (nSPS) is 15.1. The van der Waals surface area contributed by atoms with Crippen LogP contribution in [-0.4, -0.2) is 59.1 Å². The molecule has 11 nitrogen and oxygen atoms in total. The number of imidazole rings is 1. The van der Waals surface area contributed by atoms with Crippen LogP contribution in [0.2, 0.25) is 0 Å². The molecule has 1 saturated heterocycles. The van der Waals surface area contributed by atoms with Crippen molar-refractivity contribution in [3.8, 4) is 17.4 Å². The minimum absolute atomic E-state index is 0.170. The topological polar surface area (TPSA) is 121 Å². The van der Waals surface area contributed by atoms with Gasteiger partial charge in [-0.05, 0) is 54.5 Å². The molecule has 3 N–H and O–H groups in total. The fraction of sp³-hybridized carbons (Fsp3) is 0.310. The summed E-state index contributed by atoms with van der Waals surface area (Å²) in [6.45, 7) is 2.70. The fourth-order valence-corrected chi connectivity index (χ4v) is 4.56. The summed E-state index contributed by atoms with van der Waals surface area (Å²) in [5.74, 6) is 2.05. The minimum Gasteiger partial charge on any atom is -0.497 e. The van der Waals surface area contributed by atoms with Crippen LogP contribution in [0.3, 0.4) is 0 Å². The number of hydrogen-bond acceptors (Lipinski definition) is 8. The Morgan fingerprint density at radius 3 is 2.40 bits per heavy atom. The minimum atomic E-state index is -0.729. The Morgan fingerprint density at radius 1 is 1.00 bits per heavy atom. The predicted molar refractivity (Wildman–Crippen MR) is 150 cm³/mol. The number of ether oxygens (including phenoxy) is 2. The zero-order valence-corrected chi connectivity index (χ0v) is 22.3. The first-order chi connectivity index (χ1) is 19.5. The monoisotopic (exact) mass is 547 g/mol. The number of rotatable bonds is 9. The SMILES string of the molecule is COc1ccc(N2CCN(C(=O)On3c(O)c(CNCc4ccc(OC5=CC=CCC5)cc4)[nH]c3=O)CC2)cc1. The number of H-pyrrole nitrogens is 1. The summed E-state index contributed by atoms with van der Waals surface area (Å²) in [7, 11) is 1.62. The van der Waals surface area contributed by atoms with E-state index in [0.717, 1.165) is 41.4 Å². The molecule has 11 heteroatoms. The van der Waals surface area contributed by atoms with Crippen molar-refractivity contribution in [1.29, 1.82) is 0 Å². The van der Waals surface area contributed by atoms with Crippen LogP contribution < -0.4 is 30.2 Å². The number of aromatic nitrogens is 2. The van der Waals surface area contributed by atoms with Crippen molar-refractivity contribution in [3.63, 3.8) is 0 Å². The van der Waals surface area contributed by atoms with Crippen LogP contribution in [0.5, 0.6) is 17.4 Å². The number of hydrogen-bond donors (Lipinski definition) is 3. The number of aromatic hydroxyl groups is 1. The highest BCUT2D eigenvalue weighted by Crippen LogP contribution is 2.22. The number of benzene rings is 2. The molecule has 210 valence electrons. The van der Waals surface area contributed by atoms with Gasteiger partial charge in [0.25, 0.3) is 5.88 Å². The number of nitrogens with zero attached hydrogens (tertiary/aromatic N) is 3. The highest BCUT2D eigenvalue weighted by Gasteiger charge is 2.25. The van der Waals surface area contributed by atoms with Crippen molar-refractivity contribution >= 4 is 11.8 Å². The number of methoxy groups -OCH3 is 1. The van der Waals surface area contributed by atoms with Crippen LogP contribution >= 0.6 is 0 Å². The average Bonchev–Trinajstić information content (AvgIpc) is 3.26. The molecule has 2 aromatic carbocycles. The van der Waals surface area contributed by atoms with Gasteiger partial charge >= 0.3 is 11.8 Å². The second kappa shape index (κ2) is 12.5. The number of amides is 1. The molecule has 0 bridgehead atoms. The number of anilines is 1. The largest absolute Gasteiger partial charge is 0.497 e. The maximum Gasteiger partial charge on any atom is 0.434 e. The molecule has 1 aromatic heterocycles. The number of nitrogens with one attached hydrogen (secondary N) is 2. The van der Waals surface area contributed by atoms with E-state index in [4.69, 9.17) is 14.3 Å². The lowest BCUT2D eigenvalue weighted by atomic mass is 10.1. The van der Waals surface area contributed by atoms with Gasteiger partial charge in [-0.2, -0.15) is 0 Å². The molecular formula is C29H33N5O6. The Kier molecular flexibility index (Phi) is 8.41. The Morgan fingerprint density at radius 2 is 1.73 bits per heavy atom. The summed E-state index contributed by atoms with van der Waals surface area (Å²) < 4.78 is 11.7. The van der Waals surface area contributed by atoms with Gasteiger partial charge in [0.05, 0.1) is 12.8 Å². The Bertz CT molecular complexity index is 1420. The van der Waals surface area contributed by atoms with E-state index in [1.54, 1.807) is 7.11 Å². The van der Waals surface area contributed by atoms with E-state index >= 15 is 0 Å². The van der Waals surface area contributed by atoms with Gasteiger partial charge < -0.3 is 39.5 Å². The lowest BCUT2D eigenvalue weighted by Crippen LogP contribution is -2.51. The first-order valence-electron chi connectivity index (χ1n) is 13.2. The molecule has 40 heavy (non-hydrogen) atoms. The molecule has 2 heterocycles. The van der Waals surface area contributed by atoms with Crippen LogP contribution in [0, 0.1) is 0 Å². The lowest BCUT2D eigenvalue weighted by molar-refractivity contribution is 0.0779. The summed E-state index contributed by atoms with van der Waals surface area (Å²) in [5, 5.41) is 13.7. The Balaban J connectivity index is 1.09. The van der Waals surface area contributed by atoms with Crippen LogP contribution in [0.4, 0.5) is 10.5 Å². The van der Waals surface area contributed by atoms with Gasteiger partial charge in [-0.1, -0.05) is 29.0 Å². The highest BCUT2D eigenvalue weighted by atomic mass is 16.7. The smallest absolute Gasteiger partial charge is 0.434 e. The molecule has 3 aromatic rings. The molecular weight excluding hydrogens is 514 g/mol. The van der Waals surface area contributed by atoms with Gasteiger partial charge in [0.15, 0.2) is 0 Å². The van der Waals surface area contributed by atoms with Crippen molar-refractivity contribution in [2.75, 3.05) is 38.2 Å². The average molecular weight is 548 g/mol. The fourth-order valence-electron chi connectivity index (χ4n) is 4.56. The van der Waals surface area contributed by atoms with Crippen molar-refractivity contribution in [3.05, 3.63) is 94.3 Å². The van der Waals surface area contributed by atoms with Crippen LogP contribution in [-0.2, 0) is 13.1 Å². The lowest BCUT2D eigenvalue weighted by Gasteiger charge is -2.35. The third kappa shape index (κ3) is 6.49. The molecule has 5 rings (SSSR count). The standard InChI is InChI=1S/C29H33N5O6/c1-38-23-13-9-22(10-14-23)32-15-17-33(18-16-32)29(37)40-34-27(35)26(31-28(34)36)20-30-19-21-7-11-25(12-8-21)39-24-5-3-2-4-6-24/h2-3,5,7-14,30,35H,4,6,15-20H2,1H3,(H,31,36). The molecule has 1 amide bonds. The van der Waals surface area contributed by atoms with Crippen molar-refractivity contribution in [2.24, 2.45) is 0 Å². The molecule has 2 aliphatic rings. The molecule has 0 radical (unpaired) electrons. The van der Waals surface area contributed by atoms with E-state index in [-0.39, 0.29) is 12.2 Å². The van der Waals surface area contributed by atoms with Crippen LogP contribution in [0.1, 0.15) is 24.1 Å². The van der Waals surface area contributed by atoms with Gasteiger partial charge in [-0.15, -0.1) is 0 Å². The van der Waals surface area contributed by atoms with E-state index in [0.29, 0.717) is 37.5 Å². The second-order valence-corrected chi connectivity index (χ2v) is 9.51. The number of carbonyl (C=O) groups is 1. The van der Waals surface area contributed by atoms with Crippen molar-refractivity contribution in [1.82, 2.24) is 19.9 Å². The van der Waals surface area contributed by atoms with Crippen molar-refractivity contribution in [2.45, 2.75) is 25.9 Å². The van der Waals surface area contributed by atoms with Gasteiger partial charge in [0, 0.05) is 51.4 Å². The third-order valence-electron chi connectivity index (χ3n) is 6.83. The maximum absolute atomic E-state index is 12.7. The van der Waals surface area contributed by atoms with Crippen molar-refractivity contribution < 1.29 is 24.2 Å². The molecule has 1 aliphatic heterocycles. The van der Waals surface area contributed by atoms with Gasteiger partial charge in [-0.3, -0.25) is 0 Å². The quantitative estimate of drug-likeness (QED) is 0.374. The molecule has 1 aliphatic carbocycles. The third-order valence-corrected chi connectivity index (χ3v) is 6.83. The van der Waals surface area contributed by atoms with E-state index in [1.807, 2.05) is 60.7 Å². The van der Waals surface area contributed by atoms with Crippen LogP contribution in [0.15, 0.2) is 77.3 Å². The van der Waals surface area contributed by atoms with Crippen LogP contribution in [0.25, 0.3) is 0 Å². The Hall–Kier alpha value is -4.64. The maximum atomic E-state index is 12.7. The van der Waals surface area contributed by atoms with E-state index < -0.39 is 17.7 Å². The highest BCUT2D eigenvalue weighted by molar-refractivity contribution is 5.68. The number of piperazine rings is 1. The summed E-state index contributed by atoms with van der Waals surface area (Å²) in [5.41, 5.74) is 1.53. The summed E-state index contributed by atoms with van der Waals surface area (Å²) in [6.07, 6.45) is 7.24. The number of aromatic amines is 1. The molecule has 0 saturated carbocycles. The molecule has 0 unspecified atom stereocenters. The summed E-state index contributed by atoms with van der Waals surface area (Å²) in [6, 6.07) is 15.4. The molecule has 1 fully saturated rings.